The van der Waals surface area contributed by atoms with Gasteiger partial charge in [0.25, 0.3) is 11.8 Å². The van der Waals surface area contributed by atoms with Crippen LogP contribution in [0.2, 0.25) is 0 Å². The van der Waals surface area contributed by atoms with Gasteiger partial charge in [0.15, 0.2) is 11.6 Å². The topological polar surface area (TPSA) is 168 Å². The van der Waals surface area contributed by atoms with E-state index in [-0.39, 0.29) is 34.2 Å². The number of carbonyl (C=O) groups excluding carboxylic acids is 4. The molecule has 1 unspecified atom stereocenters. The maximum Gasteiger partial charge on any atom is 0.326 e. The Morgan fingerprint density at radius 3 is 1.41 bits per heavy atom. The lowest BCUT2D eigenvalue weighted by Gasteiger charge is -2.21. The third-order valence-corrected chi connectivity index (χ3v) is 7.24. The minimum atomic E-state index is -1.13. The van der Waals surface area contributed by atoms with Crippen molar-refractivity contribution >= 4 is 29.4 Å². The molecule has 0 fully saturated rings. The maximum atomic E-state index is 12.1. The zero-order valence-electron chi connectivity index (χ0n) is 27.2. The van der Waals surface area contributed by atoms with Crippen LogP contribution in [0.15, 0.2) is 109 Å². The van der Waals surface area contributed by atoms with Crippen molar-refractivity contribution in [3.8, 4) is 23.0 Å². The van der Waals surface area contributed by atoms with Crippen molar-refractivity contribution in [2.75, 3.05) is 14.2 Å². The van der Waals surface area contributed by atoms with Crippen molar-refractivity contribution in [1.82, 2.24) is 4.90 Å². The SMILES string of the molecule is CCCCC(C(=O)O)N1C(=O)C=CC1=O.COc1ccc(C(=O)c2ccccc2)c(O)c1.COc1ccc(C(=O)c2ccccc2)c(O)c1. The number of ketones is 2. The van der Waals surface area contributed by atoms with Gasteiger partial charge in [-0.05, 0) is 30.7 Å². The number of benzene rings is 4. The molecule has 5 rings (SSSR count). The summed E-state index contributed by atoms with van der Waals surface area (Å²) in [6, 6.07) is 25.9. The Kier molecular flexibility index (Phi) is 13.8. The van der Waals surface area contributed by atoms with Gasteiger partial charge < -0.3 is 24.8 Å². The largest absolute Gasteiger partial charge is 0.507 e. The molecule has 2 amide bonds. The van der Waals surface area contributed by atoms with Crippen molar-refractivity contribution in [2.45, 2.75) is 32.2 Å². The normalized spacial score (nSPS) is 12.2. The van der Waals surface area contributed by atoms with E-state index in [2.05, 4.69) is 0 Å². The predicted octanol–water partition coefficient (Wildman–Crippen LogP) is 5.82. The summed E-state index contributed by atoms with van der Waals surface area (Å²) in [5, 5.41) is 28.4. The highest BCUT2D eigenvalue weighted by Gasteiger charge is 2.35. The molecule has 4 aromatic carbocycles. The van der Waals surface area contributed by atoms with Crippen molar-refractivity contribution in [3.63, 3.8) is 0 Å². The summed E-state index contributed by atoms with van der Waals surface area (Å²) in [7, 11) is 3.01. The highest BCUT2D eigenvalue weighted by Crippen LogP contribution is 2.26. The molecule has 0 bridgehead atoms. The number of unbranched alkanes of at least 4 members (excludes halogenated alkanes) is 1. The molecule has 4 aromatic rings. The lowest BCUT2D eigenvalue weighted by molar-refractivity contribution is -0.153. The zero-order valence-corrected chi connectivity index (χ0v) is 27.2. The van der Waals surface area contributed by atoms with Crippen LogP contribution < -0.4 is 9.47 Å². The van der Waals surface area contributed by atoms with E-state index >= 15 is 0 Å². The second-order valence-electron chi connectivity index (χ2n) is 10.5. The average Bonchev–Trinajstić information content (AvgIpc) is 3.45. The summed E-state index contributed by atoms with van der Waals surface area (Å²) in [4.78, 5) is 58.3. The predicted molar refractivity (Wildman–Crippen MR) is 181 cm³/mol. The first-order valence-electron chi connectivity index (χ1n) is 15.2. The monoisotopic (exact) mass is 667 g/mol. The first-order chi connectivity index (χ1) is 23.5. The summed E-state index contributed by atoms with van der Waals surface area (Å²) < 4.78 is 9.93. The minimum Gasteiger partial charge on any atom is -0.507 e. The molecule has 3 N–H and O–H groups in total. The van der Waals surface area contributed by atoms with Gasteiger partial charge >= 0.3 is 5.97 Å². The first kappa shape index (κ1) is 37.2. The highest BCUT2D eigenvalue weighted by atomic mass is 16.5. The number of rotatable bonds is 11. The van der Waals surface area contributed by atoms with Gasteiger partial charge in [-0.15, -0.1) is 0 Å². The number of nitrogens with zero attached hydrogens (tertiary/aromatic N) is 1. The number of carboxylic acid groups (broad SMARTS) is 1. The van der Waals surface area contributed by atoms with Gasteiger partial charge in [0.05, 0.1) is 25.3 Å². The lowest BCUT2D eigenvalue weighted by Crippen LogP contribution is -2.44. The van der Waals surface area contributed by atoms with E-state index in [0.717, 1.165) is 23.5 Å². The molecular formula is C38H37NO10. The molecule has 0 aromatic heterocycles. The molecule has 0 saturated heterocycles. The number of phenolic OH excluding ortho intramolecular Hbond substituents is 2. The number of aliphatic carboxylic acids is 1. The Morgan fingerprint density at radius 1 is 0.673 bits per heavy atom. The van der Waals surface area contributed by atoms with Crippen molar-refractivity contribution in [2.24, 2.45) is 0 Å². The summed E-state index contributed by atoms with van der Waals surface area (Å²) in [6.07, 6.45) is 4.01. The van der Waals surface area contributed by atoms with Crippen LogP contribution in [-0.4, -0.2) is 69.8 Å². The second kappa shape index (κ2) is 18.2. The number of carboxylic acids is 1. The Morgan fingerprint density at radius 2 is 1.08 bits per heavy atom. The van der Waals surface area contributed by atoms with Crippen LogP contribution in [0, 0.1) is 0 Å². The van der Waals surface area contributed by atoms with Gasteiger partial charge in [0.1, 0.15) is 29.0 Å². The fraction of sp³-hybridized carbons (Fsp3) is 0.184. The smallest absolute Gasteiger partial charge is 0.326 e. The zero-order chi connectivity index (χ0) is 35.9. The van der Waals surface area contributed by atoms with Crippen LogP contribution in [0.5, 0.6) is 23.0 Å². The quantitative estimate of drug-likeness (QED) is 0.131. The third-order valence-electron chi connectivity index (χ3n) is 7.24. The second-order valence-corrected chi connectivity index (χ2v) is 10.5. The van der Waals surface area contributed by atoms with E-state index in [1.807, 2.05) is 19.1 Å². The molecule has 0 radical (unpaired) electrons. The minimum absolute atomic E-state index is 0.0711. The van der Waals surface area contributed by atoms with E-state index < -0.39 is 23.8 Å². The molecule has 11 nitrogen and oxygen atoms in total. The van der Waals surface area contributed by atoms with Crippen molar-refractivity contribution in [1.29, 1.82) is 0 Å². The van der Waals surface area contributed by atoms with Gasteiger partial charge in [-0.3, -0.25) is 24.1 Å². The molecule has 0 aliphatic carbocycles. The van der Waals surface area contributed by atoms with Crippen molar-refractivity contribution < 1.29 is 48.8 Å². The standard InChI is InChI=1S/2C14H12O3.C10H13NO4/c2*1-17-11-7-8-12(13(15)9-11)14(16)10-5-3-2-4-6-10;1-2-3-4-7(10(14)15)11-8(12)5-6-9(11)13/h2*2-9,15H,1H3;5-7H,2-4H2,1H3,(H,14,15). The van der Waals surface area contributed by atoms with E-state index in [9.17, 15) is 34.2 Å². The maximum absolute atomic E-state index is 12.1. The number of phenols is 2. The van der Waals surface area contributed by atoms with Gasteiger partial charge in [-0.2, -0.15) is 0 Å². The number of hydrogen-bond acceptors (Lipinski definition) is 9. The summed E-state index contributed by atoms with van der Waals surface area (Å²) >= 11 is 0. The van der Waals surface area contributed by atoms with E-state index in [0.29, 0.717) is 35.5 Å². The fourth-order valence-electron chi connectivity index (χ4n) is 4.63. The van der Waals surface area contributed by atoms with Gasteiger partial charge in [0, 0.05) is 35.4 Å². The number of hydrogen-bond donors (Lipinski definition) is 3. The van der Waals surface area contributed by atoms with Crippen LogP contribution in [0.3, 0.4) is 0 Å². The Hall–Kier alpha value is -6.23. The molecule has 0 saturated carbocycles. The molecule has 1 aliphatic heterocycles. The van der Waals surface area contributed by atoms with Gasteiger partial charge in [-0.1, -0.05) is 80.4 Å². The number of methoxy groups -OCH3 is 2. The Balaban J connectivity index is 0.000000200. The average molecular weight is 668 g/mol. The Labute approximate surface area is 283 Å². The molecule has 0 spiro atoms. The van der Waals surface area contributed by atoms with Gasteiger partial charge in [-0.25, -0.2) is 4.79 Å². The van der Waals surface area contributed by atoms with Crippen LogP contribution in [0.25, 0.3) is 0 Å². The number of carbonyl (C=O) groups is 5. The molecule has 1 aliphatic rings. The van der Waals surface area contributed by atoms with Crippen LogP contribution in [-0.2, 0) is 14.4 Å². The number of amides is 2. The molecule has 49 heavy (non-hydrogen) atoms. The third kappa shape index (κ3) is 10.1. The van der Waals surface area contributed by atoms with E-state index in [4.69, 9.17) is 14.6 Å². The van der Waals surface area contributed by atoms with Crippen LogP contribution in [0.1, 0.15) is 58.0 Å². The lowest BCUT2D eigenvalue weighted by atomic mass is 10.0. The highest BCUT2D eigenvalue weighted by molar-refractivity contribution is 6.14. The summed E-state index contributed by atoms with van der Waals surface area (Å²) in [6.45, 7) is 1.92. The molecule has 254 valence electrons. The summed E-state index contributed by atoms with van der Waals surface area (Å²) in [5.74, 6) is -1.71. The number of ether oxygens (including phenoxy) is 2. The first-order valence-corrected chi connectivity index (χ1v) is 15.2. The number of aromatic hydroxyl groups is 2. The van der Waals surface area contributed by atoms with E-state index in [1.54, 1.807) is 72.8 Å². The van der Waals surface area contributed by atoms with Crippen LogP contribution >= 0.6 is 0 Å². The van der Waals surface area contributed by atoms with Crippen LogP contribution in [0.4, 0.5) is 0 Å². The molecule has 1 atom stereocenters. The molecule has 11 heteroatoms. The van der Waals surface area contributed by atoms with Crippen molar-refractivity contribution in [3.05, 3.63) is 131 Å². The Bertz CT molecular complexity index is 1680. The fourth-order valence-corrected chi connectivity index (χ4v) is 4.63. The van der Waals surface area contributed by atoms with Gasteiger partial charge in [0.2, 0.25) is 0 Å². The number of imide groups is 1. The molecule has 1 heterocycles. The van der Waals surface area contributed by atoms with E-state index in [1.165, 1.54) is 26.4 Å². The molecular weight excluding hydrogens is 630 g/mol. The summed E-state index contributed by atoms with van der Waals surface area (Å²) in [5.41, 5.74) is 1.65.